The van der Waals surface area contributed by atoms with Crippen LogP contribution in [0.15, 0.2) is 59.1 Å². The summed E-state index contributed by atoms with van der Waals surface area (Å²) in [5.74, 6) is -1.15. The van der Waals surface area contributed by atoms with Crippen LogP contribution in [-0.2, 0) is 11.2 Å². The highest BCUT2D eigenvalue weighted by molar-refractivity contribution is 9.10. The zero-order valence-corrected chi connectivity index (χ0v) is 14.2. The second kappa shape index (κ2) is 5.83. The standard InChI is InChI=1S/C19H13BrN2O2/c20-12-5-3-4-11(8-12)17-10-13(21-22-17)9-16-14-6-1-2-7-15(14)18(23)19(16)24/h1-8,10,16H,9H2,(H,21,22). The maximum Gasteiger partial charge on any atom is 0.229 e. The molecule has 0 fully saturated rings. The molecule has 24 heavy (non-hydrogen) atoms. The number of aromatic nitrogens is 2. The summed E-state index contributed by atoms with van der Waals surface area (Å²) in [4.78, 5) is 24.4. The fourth-order valence-corrected chi connectivity index (χ4v) is 3.52. The monoisotopic (exact) mass is 380 g/mol. The Morgan fingerprint density at radius 1 is 1.04 bits per heavy atom. The molecule has 0 saturated carbocycles. The number of rotatable bonds is 3. The van der Waals surface area contributed by atoms with E-state index in [-0.39, 0.29) is 11.6 Å². The fraction of sp³-hybridized carbons (Fsp3) is 0.105. The van der Waals surface area contributed by atoms with Crippen LogP contribution in [-0.4, -0.2) is 21.8 Å². The van der Waals surface area contributed by atoms with E-state index in [1.807, 2.05) is 42.5 Å². The lowest BCUT2D eigenvalue weighted by atomic mass is 9.95. The zero-order valence-electron chi connectivity index (χ0n) is 12.6. The minimum Gasteiger partial charge on any atom is -0.290 e. The van der Waals surface area contributed by atoms with Crippen LogP contribution in [0.5, 0.6) is 0 Å². The number of aromatic amines is 1. The van der Waals surface area contributed by atoms with Crippen molar-refractivity contribution in [1.82, 2.24) is 10.2 Å². The predicted octanol–water partition coefficient (Wildman–Crippen LogP) is 3.93. The number of hydrogen-bond acceptors (Lipinski definition) is 3. The van der Waals surface area contributed by atoms with Gasteiger partial charge in [-0.15, -0.1) is 0 Å². The largest absolute Gasteiger partial charge is 0.290 e. The number of fused-ring (bicyclic) bond motifs is 1. The molecule has 1 aliphatic carbocycles. The van der Waals surface area contributed by atoms with Crippen molar-refractivity contribution in [2.75, 3.05) is 0 Å². The number of H-pyrrole nitrogens is 1. The zero-order chi connectivity index (χ0) is 16.7. The van der Waals surface area contributed by atoms with Crippen molar-refractivity contribution in [2.24, 2.45) is 0 Å². The molecular weight excluding hydrogens is 368 g/mol. The number of carbonyl (C=O) groups excluding carboxylic acids is 2. The van der Waals surface area contributed by atoms with Crippen LogP contribution in [0.3, 0.4) is 0 Å². The lowest BCUT2D eigenvalue weighted by Gasteiger charge is -2.07. The maximum atomic E-state index is 12.3. The molecule has 2 aromatic carbocycles. The molecule has 1 heterocycles. The number of halogens is 1. The van der Waals surface area contributed by atoms with E-state index in [1.54, 1.807) is 12.1 Å². The van der Waals surface area contributed by atoms with Crippen LogP contribution in [0.25, 0.3) is 11.3 Å². The van der Waals surface area contributed by atoms with Crippen LogP contribution in [0.2, 0.25) is 0 Å². The highest BCUT2D eigenvalue weighted by atomic mass is 79.9. The Balaban J connectivity index is 1.63. The molecule has 0 saturated heterocycles. The van der Waals surface area contributed by atoms with E-state index in [9.17, 15) is 9.59 Å². The van der Waals surface area contributed by atoms with E-state index in [1.165, 1.54) is 0 Å². The Morgan fingerprint density at radius 2 is 1.88 bits per heavy atom. The van der Waals surface area contributed by atoms with Crippen molar-refractivity contribution in [3.8, 4) is 11.3 Å². The van der Waals surface area contributed by atoms with E-state index < -0.39 is 5.92 Å². The third kappa shape index (κ3) is 2.51. The van der Waals surface area contributed by atoms with Gasteiger partial charge in [-0.3, -0.25) is 14.7 Å². The summed E-state index contributed by atoms with van der Waals surface area (Å²) >= 11 is 3.45. The summed E-state index contributed by atoms with van der Waals surface area (Å²) in [5, 5.41) is 7.32. The molecule has 118 valence electrons. The summed E-state index contributed by atoms with van der Waals surface area (Å²) in [6.45, 7) is 0. The average Bonchev–Trinajstić information content (AvgIpc) is 3.15. The van der Waals surface area contributed by atoms with Gasteiger partial charge in [0.2, 0.25) is 11.6 Å². The summed E-state index contributed by atoms with van der Waals surface area (Å²) < 4.78 is 0.982. The molecule has 5 heteroatoms. The van der Waals surface area contributed by atoms with Crippen LogP contribution < -0.4 is 0 Å². The number of Topliss-reactive ketones (excluding diaryl/α,β-unsaturated/α-hetero) is 2. The SMILES string of the molecule is O=C1C(=O)C(Cc2cc(-c3cccc(Br)c3)n[nH]2)c2ccccc21. The average molecular weight is 381 g/mol. The van der Waals surface area contributed by atoms with Gasteiger partial charge in [-0.25, -0.2) is 0 Å². The summed E-state index contributed by atoms with van der Waals surface area (Å²) in [5.41, 5.74) is 3.98. The highest BCUT2D eigenvalue weighted by Gasteiger charge is 2.38. The Bertz CT molecular complexity index is 961. The number of nitrogens with zero attached hydrogens (tertiary/aromatic N) is 1. The molecule has 1 N–H and O–H groups in total. The minimum absolute atomic E-state index is 0.338. The van der Waals surface area contributed by atoms with Gasteiger partial charge in [-0.05, 0) is 23.8 Å². The first kappa shape index (κ1) is 15.0. The smallest absolute Gasteiger partial charge is 0.229 e. The lowest BCUT2D eigenvalue weighted by molar-refractivity contribution is -0.115. The third-order valence-electron chi connectivity index (χ3n) is 4.30. The molecule has 3 aromatic rings. The Kier molecular flexibility index (Phi) is 3.65. The molecule has 0 amide bonds. The second-order valence-electron chi connectivity index (χ2n) is 5.83. The molecule has 4 rings (SSSR count). The molecule has 0 radical (unpaired) electrons. The number of hydrogen-bond donors (Lipinski definition) is 1. The third-order valence-corrected chi connectivity index (χ3v) is 4.79. The molecule has 0 bridgehead atoms. The van der Waals surface area contributed by atoms with Crippen molar-refractivity contribution in [3.05, 3.63) is 75.9 Å². The Labute approximate surface area is 147 Å². The van der Waals surface area contributed by atoms with Crippen LogP contribution in [0.1, 0.15) is 27.5 Å². The number of carbonyl (C=O) groups is 2. The first-order chi connectivity index (χ1) is 11.6. The Morgan fingerprint density at radius 3 is 2.71 bits per heavy atom. The molecule has 1 atom stereocenters. The van der Waals surface area contributed by atoms with Crippen molar-refractivity contribution < 1.29 is 9.59 Å². The number of nitrogens with one attached hydrogen (secondary N) is 1. The second-order valence-corrected chi connectivity index (χ2v) is 6.74. The molecule has 1 aromatic heterocycles. The van der Waals surface area contributed by atoms with Crippen molar-refractivity contribution in [1.29, 1.82) is 0 Å². The van der Waals surface area contributed by atoms with E-state index >= 15 is 0 Å². The normalized spacial score (nSPS) is 16.5. The molecule has 4 nitrogen and oxygen atoms in total. The molecular formula is C19H13BrN2O2. The first-order valence-electron chi connectivity index (χ1n) is 7.61. The highest BCUT2D eigenvalue weighted by Crippen LogP contribution is 2.33. The van der Waals surface area contributed by atoms with Crippen LogP contribution >= 0.6 is 15.9 Å². The Hall–Kier alpha value is -2.53. The van der Waals surface area contributed by atoms with Crippen molar-refractivity contribution in [2.45, 2.75) is 12.3 Å². The van der Waals surface area contributed by atoms with Gasteiger partial charge in [0.05, 0.1) is 11.6 Å². The van der Waals surface area contributed by atoms with E-state index in [0.29, 0.717) is 12.0 Å². The quantitative estimate of drug-likeness (QED) is 0.700. The van der Waals surface area contributed by atoms with Gasteiger partial charge in [0.25, 0.3) is 0 Å². The van der Waals surface area contributed by atoms with Crippen molar-refractivity contribution in [3.63, 3.8) is 0 Å². The summed E-state index contributed by atoms with van der Waals surface area (Å²) in [6, 6.07) is 17.0. The van der Waals surface area contributed by atoms with Gasteiger partial charge in [-0.1, -0.05) is 52.3 Å². The summed E-state index contributed by atoms with van der Waals surface area (Å²) in [6.07, 6.45) is 0.447. The van der Waals surface area contributed by atoms with Crippen LogP contribution in [0.4, 0.5) is 0 Å². The molecule has 1 aliphatic rings. The molecule has 0 aliphatic heterocycles. The summed E-state index contributed by atoms with van der Waals surface area (Å²) in [7, 11) is 0. The lowest BCUT2D eigenvalue weighted by Crippen LogP contribution is -2.14. The molecule has 1 unspecified atom stereocenters. The van der Waals surface area contributed by atoms with Crippen molar-refractivity contribution >= 4 is 27.5 Å². The van der Waals surface area contributed by atoms with Gasteiger partial charge < -0.3 is 0 Å². The number of ketones is 2. The van der Waals surface area contributed by atoms with E-state index in [4.69, 9.17) is 0 Å². The first-order valence-corrected chi connectivity index (χ1v) is 8.40. The topological polar surface area (TPSA) is 62.8 Å². The fourth-order valence-electron chi connectivity index (χ4n) is 3.12. The van der Waals surface area contributed by atoms with Gasteiger partial charge in [-0.2, -0.15) is 5.10 Å². The number of benzene rings is 2. The van der Waals surface area contributed by atoms with E-state index in [0.717, 1.165) is 27.0 Å². The van der Waals surface area contributed by atoms with Gasteiger partial charge in [0.15, 0.2) is 0 Å². The van der Waals surface area contributed by atoms with Gasteiger partial charge in [0.1, 0.15) is 0 Å². The molecule has 0 spiro atoms. The van der Waals surface area contributed by atoms with Gasteiger partial charge >= 0.3 is 0 Å². The minimum atomic E-state index is -0.426. The predicted molar refractivity (Wildman–Crippen MR) is 93.9 cm³/mol. The maximum absolute atomic E-state index is 12.3. The van der Waals surface area contributed by atoms with Gasteiger partial charge in [0, 0.05) is 27.7 Å². The van der Waals surface area contributed by atoms with E-state index in [2.05, 4.69) is 26.1 Å². The van der Waals surface area contributed by atoms with Crippen LogP contribution in [0, 0.1) is 0 Å².